The molecule has 0 radical (unpaired) electrons. The molecular formula is C54H33NO3. The molecule has 0 aliphatic heterocycles. The van der Waals surface area contributed by atoms with E-state index in [9.17, 15) is 0 Å². The van der Waals surface area contributed by atoms with Crippen LogP contribution in [0.2, 0.25) is 0 Å². The van der Waals surface area contributed by atoms with E-state index in [1.807, 2.05) is 18.2 Å². The van der Waals surface area contributed by atoms with Crippen molar-refractivity contribution in [1.82, 2.24) is 0 Å². The normalized spacial score (nSPS) is 11.8. The van der Waals surface area contributed by atoms with E-state index in [2.05, 4.69) is 187 Å². The fourth-order valence-electron chi connectivity index (χ4n) is 8.74. The molecule has 0 saturated carbocycles. The highest BCUT2D eigenvalue weighted by Crippen LogP contribution is 2.45. The highest BCUT2D eigenvalue weighted by molar-refractivity contribution is 6.15. The van der Waals surface area contributed by atoms with Crippen LogP contribution < -0.4 is 4.90 Å². The van der Waals surface area contributed by atoms with Crippen molar-refractivity contribution in [3.8, 4) is 33.4 Å². The Hall–Kier alpha value is -7.82. The summed E-state index contributed by atoms with van der Waals surface area (Å²) in [6.45, 7) is 0. The minimum absolute atomic E-state index is 0.832. The molecule has 12 rings (SSSR count). The van der Waals surface area contributed by atoms with Crippen molar-refractivity contribution in [1.29, 1.82) is 0 Å². The first-order valence-electron chi connectivity index (χ1n) is 19.6. The van der Waals surface area contributed by atoms with Gasteiger partial charge in [-0.1, -0.05) is 121 Å². The van der Waals surface area contributed by atoms with Crippen molar-refractivity contribution in [2.75, 3.05) is 4.90 Å². The van der Waals surface area contributed by atoms with Gasteiger partial charge in [0.15, 0.2) is 5.58 Å². The minimum Gasteiger partial charge on any atom is -0.456 e. The Morgan fingerprint density at radius 3 is 1.67 bits per heavy atom. The van der Waals surface area contributed by atoms with Gasteiger partial charge in [-0.3, -0.25) is 0 Å². The number of para-hydroxylation sites is 3. The standard InChI is InChI=1S/C54H33NO3/c1-3-12-34(13-4-1)35-14-9-17-40(30-35)55(39-15-5-2-6-16-39)47-21-10-20-45-44-28-26-38(33-51(44)58-54(45)47)41-19-11-23-49-53(41)46-29-25-37(32-52(46)57-49)36-24-27-43-42-18-7-8-22-48(42)56-50(43)31-36/h1-33H. The van der Waals surface area contributed by atoms with Crippen LogP contribution in [0.1, 0.15) is 0 Å². The van der Waals surface area contributed by atoms with Gasteiger partial charge >= 0.3 is 0 Å². The van der Waals surface area contributed by atoms with Crippen LogP contribution in [0.3, 0.4) is 0 Å². The Morgan fingerprint density at radius 1 is 0.293 bits per heavy atom. The summed E-state index contributed by atoms with van der Waals surface area (Å²) in [5.74, 6) is 0. The second-order valence-corrected chi connectivity index (χ2v) is 14.9. The largest absolute Gasteiger partial charge is 0.456 e. The molecular weight excluding hydrogens is 711 g/mol. The summed E-state index contributed by atoms with van der Waals surface area (Å²) >= 11 is 0. The van der Waals surface area contributed by atoms with Gasteiger partial charge in [-0.25, -0.2) is 0 Å². The number of rotatable bonds is 6. The van der Waals surface area contributed by atoms with Gasteiger partial charge in [-0.05, 0) is 112 Å². The van der Waals surface area contributed by atoms with Crippen LogP contribution >= 0.6 is 0 Å². The molecule has 4 nitrogen and oxygen atoms in total. The average molecular weight is 744 g/mol. The Balaban J connectivity index is 0.963. The number of nitrogens with zero attached hydrogens (tertiary/aromatic N) is 1. The monoisotopic (exact) mass is 743 g/mol. The van der Waals surface area contributed by atoms with E-state index >= 15 is 0 Å². The minimum atomic E-state index is 0.832. The van der Waals surface area contributed by atoms with Crippen LogP contribution in [0.5, 0.6) is 0 Å². The van der Waals surface area contributed by atoms with E-state index in [4.69, 9.17) is 13.3 Å². The van der Waals surface area contributed by atoms with Crippen LogP contribution in [0.15, 0.2) is 213 Å². The molecule has 272 valence electrons. The molecule has 3 aromatic heterocycles. The van der Waals surface area contributed by atoms with Gasteiger partial charge in [-0.2, -0.15) is 0 Å². The van der Waals surface area contributed by atoms with E-state index in [1.54, 1.807) is 0 Å². The molecule has 3 heterocycles. The lowest BCUT2D eigenvalue weighted by Gasteiger charge is -2.26. The van der Waals surface area contributed by atoms with Gasteiger partial charge in [0.05, 0.1) is 5.69 Å². The molecule has 58 heavy (non-hydrogen) atoms. The summed E-state index contributed by atoms with van der Waals surface area (Å²) in [7, 11) is 0. The van der Waals surface area contributed by atoms with Gasteiger partial charge in [0.1, 0.15) is 27.9 Å². The van der Waals surface area contributed by atoms with Crippen LogP contribution in [0, 0.1) is 0 Å². The molecule has 0 N–H and O–H groups in total. The molecule has 0 spiro atoms. The molecule has 0 saturated heterocycles. The van der Waals surface area contributed by atoms with E-state index in [0.717, 1.165) is 111 Å². The lowest BCUT2D eigenvalue weighted by atomic mass is 9.97. The van der Waals surface area contributed by atoms with Crippen LogP contribution in [0.25, 0.3) is 99.2 Å². The maximum atomic E-state index is 6.91. The maximum Gasteiger partial charge on any atom is 0.159 e. The van der Waals surface area contributed by atoms with Gasteiger partial charge in [0, 0.05) is 43.7 Å². The van der Waals surface area contributed by atoms with Crippen molar-refractivity contribution < 1.29 is 13.3 Å². The molecule has 0 aliphatic carbocycles. The number of benzene rings is 9. The summed E-state index contributed by atoms with van der Waals surface area (Å²) in [6.07, 6.45) is 0. The topological polar surface area (TPSA) is 42.7 Å². The molecule has 12 aromatic rings. The second kappa shape index (κ2) is 12.9. The molecule has 0 bridgehead atoms. The summed E-state index contributed by atoms with van der Waals surface area (Å²) in [5, 5.41) is 6.54. The molecule has 4 heteroatoms. The summed E-state index contributed by atoms with van der Waals surface area (Å²) in [4.78, 5) is 2.29. The predicted molar refractivity (Wildman–Crippen MR) is 239 cm³/mol. The van der Waals surface area contributed by atoms with Gasteiger partial charge in [0.25, 0.3) is 0 Å². The zero-order valence-corrected chi connectivity index (χ0v) is 31.2. The fraction of sp³-hybridized carbons (Fsp3) is 0. The lowest BCUT2D eigenvalue weighted by Crippen LogP contribution is -2.10. The molecule has 0 aliphatic rings. The second-order valence-electron chi connectivity index (χ2n) is 14.9. The molecule has 0 fully saturated rings. The maximum absolute atomic E-state index is 6.91. The smallest absolute Gasteiger partial charge is 0.159 e. The SMILES string of the molecule is c1ccc(-c2cccc(N(c3ccccc3)c3cccc4c3oc3cc(-c5cccc6oc7cc(-c8ccc9c(c8)oc8ccccc89)ccc7c56)ccc34)c2)cc1. The van der Waals surface area contributed by atoms with E-state index < -0.39 is 0 Å². The van der Waals surface area contributed by atoms with Crippen molar-refractivity contribution in [2.24, 2.45) is 0 Å². The molecule has 0 unspecified atom stereocenters. The van der Waals surface area contributed by atoms with Crippen molar-refractivity contribution in [3.05, 3.63) is 200 Å². The summed E-state index contributed by atoms with van der Waals surface area (Å²) in [6, 6.07) is 70.1. The predicted octanol–water partition coefficient (Wildman–Crippen LogP) is 15.9. The van der Waals surface area contributed by atoms with Crippen molar-refractivity contribution >= 4 is 82.9 Å². The fourth-order valence-corrected chi connectivity index (χ4v) is 8.74. The quantitative estimate of drug-likeness (QED) is 0.170. The Morgan fingerprint density at radius 2 is 0.828 bits per heavy atom. The number of furan rings is 3. The zero-order valence-electron chi connectivity index (χ0n) is 31.2. The van der Waals surface area contributed by atoms with Gasteiger partial charge < -0.3 is 18.2 Å². The van der Waals surface area contributed by atoms with Crippen molar-refractivity contribution in [3.63, 3.8) is 0 Å². The summed E-state index contributed by atoms with van der Waals surface area (Å²) < 4.78 is 19.7. The molecule has 0 amide bonds. The lowest BCUT2D eigenvalue weighted by molar-refractivity contribution is 0.668. The molecule has 9 aromatic carbocycles. The number of anilines is 3. The first-order chi connectivity index (χ1) is 28.7. The average Bonchev–Trinajstić information content (AvgIpc) is 3.98. The van der Waals surface area contributed by atoms with Gasteiger partial charge in [0.2, 0.25) is 0 Å². The van der Waals surface area contributed by atoms with Crippen LogP contribution in [-0.2, 0) is 0 Å². The third kappa shape index (κ3) is 5.16. The number of fused-ring (bicyclic) bond motifs is 9. The Bertz CT molecular complexity index is 3520. The van der Waals surface area contributed by atoms with E-state index in [1.165, 1.54) is 5.56 Å². The van der Waals surface area contributed by atoms with E-state index in [0.29, 0.717) is 0 Å². The Kier molecular flexibility index (Phi) is 7.20. The Labute approximate surface area is 333 Å². The third-order valence-electron chi connectivity index (χ3n) is 11.5. The van der Waals surface area contributed by atoms with Crippen LogP contribution in [0.4, 0.5) is 17.1 Å². The van der Waals surface area contributed by atoms with Crippen LogP contribution in [-0.4, -0.2) is 0 Å². The first kappa shape index (κ1) is 32.4. The zero-order chi connectivity index (χ0) is 38.2. The number of hydrogen-bond acceptors (Lipinski definition) is 4. The van der Waals surface area contributed by atoms with Crippen molar-refractivity contribution in [2.45, 2.75) is 0 Å². The highest BCUT2D eigenvalue weighted by Gasteiger charge is 2.21. The first-order valence-corrected chi connectivity index (χ1v) is 19.6. The summed E-state index contributed by atoms with van der Waals surface area (Å²) in [5.41, 5.74) is 14.9. The molecule has 0 atom stereocenters. The van der Waals surface area contributed by atoms with E-state index in [-0.39, 0.29) is 0 Å². The highest BCUT2D eigenvalue weighted by atomic mass is 16.3. The van der Waals surface area contributed by atoms with Gasteiger partial charge in [-0.15, -0.1) is 0 Å². The third-order valence-corrected chi connectivity index (χ3v) is 11.5. The number of hydrogen-bond donors (Lipinski definition) is 0.